The number of aliphatic hydroxyl groups is 1. The molecule has 66 valence electrons. The quantitative estimate of drug-likeness (QED) is 0.844. The van der Waals surface area contributed by atoms with Gasteiger partial charge in [0, 0.05) is 19.3 Å². The topological polar surface area (TPSA) is 42.2 Å². The lowest BCUT2D eigenvalue weighted by Gasteiger charge is -2.03. The van der Waals surface area contributed by atoms with Gasteiger partial charge in [-0.2, -0.15) is 0 Å². The van der Waals surface area contributed by atoms with Gasteiger partial charge < -0.3 is 9.67 Å². The summed E-state index contributed by atoms with van der Waals surface area (Å²) in [6.07, 6.45) is 2.32. The third kappa shape index (κ3) is 2.19. The van der Waals surface area contributed by atoms with Crippen LogP contribution in [0.5, 0.6) is 0 Å². The van der Waals surface area contributed by atoms with E-state index in [1.54, 1.807) is 22.9 Å². The predicted molar refractivity (Wildman–Crippen MR) is 50.1 cm³/mol. The van der Waals surface area contributed by atoms with Crippen molar-refractivity contribution in [2.75, 3.05) is 6.61 Å². The highest BCUT2D eigenvalue weighted by Gasteiger charge is 1.97. The minimum absolute atomic E-state index is 0.0500. The molecule has 0 aromatic carbocycles. The summed E-state index contributed by atoms with van der Waals surface area (Å²) in [5.74, 6) is 0. The van der Waals surface area contributed by atoms with Gasteiger partial charge in [0.15, 0.2) is 0 Å². The van der Waals surface area contributed by atoms with Crippen LogP contribution in [-0.4, -0.2) is 16.3 Å². The van der Waals surface area contributed by atoms with Crippen molar-refractivity contribution in [1.82, 2.24) is 4.57 Å². The summed E-state index contributed by atoms with van der Waals surface area (Å²) >= 11 is 3.14. The average molecular weight is 232 g/mol. The monoisotopic (exact) mass is 231 g/mol. The van der Waals surface area contributed by atoms with Crippen LogP contribution in [0, 0.1) is 0 Å². The molecule has 0 aliphatic rings. The molecular weight excluding hydrogens is 222 g/mol. The van der Waals surface area contributed by atoms with E-state index in [1.807, 2.05) is 0 Å². The second kappa shape index (κ2) is 4.42. The van der Waals surface area contributed by atoms with Crippen LogP contribution < -0.4 is 5.56 Å². The molecule has 0 atom stereocenters. The van der Waals surface area contributed by atoms with Gasteiger partial charge in [-0.05, 0) is 34.5 Å². The summed E-state index contributed by atoms with van der Waals surface area (Å²) in [4.78, 5) is 11.3. The summed E-state index contributed by atoms with van der Waals surface area (Å²) in [6, 6.07) is 3.50. The Hall–Kier alpha value is -0.610. The van der Waals surface area contributed by atoms with Crippen LogP contribution in [0.15, 0.2) is 27.6 Å². The summed E-state index contributed by atoms with van der Waals surface area (Å²) in [5, 5.41) is 8.56. The van der Waals surface area contributed by atoms with Gasteiger partial charge in [0.1, 0.15) is 0 Å². The van der Waals surface area contributed by atoms with E-state index in [-0.39, 0.29) is 12.2 Å². The van der Waals surface area contributed by atoms with Gasteiger partial charge in [-0.15, -0.1) is 0 Å². The molecule has 4 heteroatoms. The number of rotatable bonds is 3. The van der Waals surface area contributed by atoms with Gasteiger partial charge in [-0.25, -0.2) is 0 Å². The molecule has 0 aliphatic carbocycles. The second-order valence-corrected chi connectivity index (χ2v) is 3.29. The Balaban J connectivity index is 2.85. The Morgan fingerprint density at radius 1 is 1.58 bits per heavy atom. The van der Waals surface area contributed by atoms with Crippen molar-refractivity contribution in [2.45, 2.75) is 13.0 Å². The molecular formula is C8H10BrNO2. The summed E-state index contributed by atoms with van der Waals surface area (Å²) < 4.78 is 2.13. The number of aryl methyl sites for hydroxylation is 1. The lowest BCUT2D eigenvalue weighted by atomic mass is 10.4. The molecule has 0 amide bonds. The standard InChI is InChI=1S/C8H10BrNO2/c9-7-3-1-4-10(8(7)12)5-2-6-11/h1,3-4,11H,2,5-6H2. The zero-order valence-corrected chi connectivity index (χ0v) is 8.12. The van der Waals surface area contributed by atoms with E-state index >= 15 is 0 Å². The lowest BCUT2D eigenvalue weighted by molar-refractivity contribution is 0.279. The molecule has 0 aliphatic heterocycles. The van der Waals surface area contributed by atoms with Crippen LogP contribution in [0.3, 0.4) is 0 Å². The minimum Gasteiger partial charge on any atom is -0.396 e. The molecule has 1 aromatic heterocycles. The number of aromatic nitrogens is 1. The van der Waals surface area contributed by atoms with E-state index in [0.717, 1.165) is 0 Å². The number of pyridine rings is 1. The largest absolute Gasteiger partial charge is 0.396 e. The first-order chi connectivity index (χ1) is 5.75. The van der Waals surface area contributed by atoms with Gasteiger partial charge in [0.2, 0.25) is 0 Å². The molecule has 0 saturated carbocycles. The SMILES string of the molecule is O=c1c(Br)cccn1CCCO. The van der Waals surface area contributed by atoms with Crippen LogP contribution in [0.25, 0.3) is 0 Å². The first-order valence-corrected chi connectivity index (χ1v) is 4.51. The third-order valence-corrected chi connectivity index (χ3v) is 2.13. The van der Waals surface area contributed by atoms with Crippen LogP contribution in [0.4, 0.5) is 0 Å². The second-order valence-electron chi connectivity index (χ2n) is 2.43. The van der Waals surface area contributed by atoms with E-state index < -0.39 is 0 Å². The maximum atomic E-state index is 11.3. The lowest BCUT2D eigenvalue weighted by Crippen LogP contribution is -2.20. The van der Waals surface area contributed by atoms with Gasteiger partial charge in [-0.3, -0.25) is 4.79 Å². The first kappa shape index (κ1) is 9.48. The van der Waals surface area contributed by atoms with Gasteiger partial charge in [0.05, 0.1) is 4.47 Å². The Kier molecular flexibility index (Phi) is 3.49. The number of halogens is 1. The van der Waals surface area contributed by atoms with E-state index in [1.165, 1.54) is 0 Å². The third-order valence-electron chi connectivity index (χ3n) is 1.53. The molecule has 3 nitrogen and oxygen atoms in total. The van der Waals surface area contributed by atoms with E-state index in [9.17, 15) is 4.79 Å². The first-order valence-electron chi connectivity index (χ1n) is 3.71. The molecule has 12 heavy (non-hydrogen) atoms. The van der Waals surface area contributed by atoms with Gasteiger partial charge in [0.25, 0.3) is 5.56 Å². The molecule has 0 fully saturated rings. The Morgan fingerprint density at radius 2 is 2.33 bits per heavy atom. The number of hydrogen-bond donors (Lipinski definition) is 1. The van der Waals surface area contributed by atoms with Crippen LogP contribution in [0.2, 0.25) is 0 Å². The van der Waals surface area contributed by atoms with Gasteiger partial charge >= 0.3 is 0 Å². The number of aliphatic hydroxyl groups excluding tert-OH is 1. The van der Waals surface area contributed by atoms with Crippen molar-refractivity contribution in [1.29, 1.82) is 0 Å². The highest BCUT2D eigenvalue weighted by molar-refractivity contribution is 9.10. The van der Waals surface area contributed by atoms with E-state index in [4.69, 9.17) is 5.11 Å². The summed E-state index contributed by atoms with van der Waals surface area (Å²) in [5.41, 5.74) is -0.0500. The number of nitrogens with zero attached hydrogens (tertiary/aromatic N) is 1. The molecule has 1 N–H and O–H groups in total. The molecule has 0 unspecified atom stereocenters. The fourth-order valence-corrected chi connectivity index (χ4v) is 1.31. The highest BCUT2D eigenvalue weighted by atomic mass is 79.9. The van der Waals surface area contributed by atoms with Crippen molar-refractivity contribution in [3.8, 4) is 0 Å². The van der Waals surface area contributed by atoms with Gasteiger partial charge in [-0.1, -0.05) is 0 Å². The average Bonchev–Trinajstić information content (AvgIpc) is 2.08. The molecule has 1 rings (SSSR count). The van der Waals surface area contributed by atoms with Crippen molar-refractivity contribution >= 4 is 15.9 Å². The van der Waals surface area contributed by atoms with Crippen LogP contribution >= 0.6 is 15.9 Å². The predicted octanol–water partition coefficient (Wildman–Crippen LogP) is 0.993. The Labute approximate surface area is 78.8 Å². The van der Waals surface area contributed by atoms with Crippen molar-refractivity contribution in [3.05, 3.63) is 33.2 Å². The van der Waals surface area contributed by atoms with Crippen molar-refractivity contribution in [3.63, 3.8) is 0 Å². The summed E-state index contributed by atoms with van der Waals surface area (Å²) in [7, 11) is 0. The van der Waals surface area contributed by atoms with Crippen LogP contribution in [-0.2, 0) is 6.54 Å². The van der Waals surface area contributed by atoms with Crippen molar-refractivity contribution < 1.29 is 5.11 Å². The summed E-state index contributed by atoms with van der Waals surface area (Å²) in [6.45, 7) is 0.674. The Morgan fingerprint density at radius 3 is 3.00 bits per heavy atom. The zero-order valence-electron chi connectivity index (χ0n) is 6.53. The van der Waals surface area contributed by atoms with Crippen molar-refractivity contribution in [2.24, 2.45) is 0 Å². The normalized spacial score (nSPS) is 10.2. The molecule has 1 heterocycles. The number of hydrogen-bond acceptors (Lipinski definition) is 2. The maximum absolute atomic E-state index is 11.3. The minimum atomic E-state index is -0.0500. The maximum Gasteiger partial charge on any atom is 0.264 e. The van der Waals surface area contributed by atoms with E-state index in [2.05, 4.69) is 15.9 Å². The molecule has 0 spiro atoms. The molecule has 0 saturated heterocycles. The fraction of sp³-hybridized carbons (Fsp3) is 0.375. The van der Waals surface area contributed by atoms with E-state index in [0.29, 0.717) is 17.4 Å². The zero-order chi connectivity index (χ0) is 8.97. The Bertz CT molecular complexity index is 308. The molecule has 0 radical (unpaired) electrons. The molecule has 1 aromatic rings. The van der Waals surface area contributed by atoms with Crippen LogP contribution in [0.1, 0.15) is 6.42 Å². The highest BCUT2D eigenvalue weighted by Crippen LogP contribution is 2.00. The molecule has 0 bridgehead atoms. The fourth-order valence-electron chi connectivity index (χ4n) is 0.925. The smallest absolute Gasteiger partial charge is 0.264 e.